The van der Waals surface area contributed by atoms with Gasteiger partial charge in [0.1, 0.15) is 5.82 Å². The number of thioether (sulfide) groups is 1. The number of hydrogen-bond donors (Lipinski definition) is 1. The average Bonchev–Trinajstić information content (AvgIpc) is 3.28. The number of carbonyl (C=O) groups excluding carboxylic acids is 2. The first-order chi connectivity index (χ1) is 16.4. The largest absolute Gasteiger partial charge is 0.339 e. The number of tetrazole rings is 1. The van der Waals surface area contributed by atoms with Crippen LogP contribution in [0.3, 0.4) is 0 Å². The number of halogens is 1. The van der Waals surface area contributed by atoms with Crippen LogP contribution in [0.15, 0.2) is 47.6 Å². The first kappa shape index (κ1) is 23.8. The van der Waals surface area contributed by atoms with Crippen molar-refractivity contribution in [3.63, 3.8) is 0 Å². The van der Waals surface area contributed by atoms with Crippen molar-refractivity contribution in [2.75, 3.05) is 43.8 Å². The van der Waals surface area contributed by atoms with Crippen LogP contribution in [0.1, 0.15) is 11.1 Å². The minimum Gasteiger partial charge on any atom is -0.339 e. The van der Waals surface area contributed by atoms with E-state index in [9.17, 15) is 14.0 Å². The van der Waals surface area contributed by atoms with Crippen molar-refractivity contribution in [1.29, 1.82) is 0 Å². The molecule has 1 aromatic heterocycles. The summed E-state index contributed by atoms with van der Waals surface area (Å²) in [5, 5.41) is 15.3. The topological polar surface area (TPSA) is 96.2 Å². The summed E-state index contributed by atoms with van der Waals surface area (Å²) in [6.07, 6.45) is 0. The van der Waals surface area contributed by atoms with Crippen molar-refractivity contribution >= 4 is 29.3 Å². The van der Waals surface area contributed by atoms with Gasteiger partial charge in [-0.1, -0.05) is 29.5 Å². The van der Waals surface area contributed by atoms with Gasteiger partial charge in [0.25, 0.3) is 0 Å². The normalized spacial score (nSPS) is 14.3. The predicted molar refractivity (Wildman–Crippen MR) is 127 cm³/mol. The lowest BCUT2D eigenvalue weighted by Crippen LogP contribution is -2.50. The van der Waals surface area contributed by atoms with Gasteiger partial charge in [0.15, 0.2) is 0 Å². The third kappa shape index (κ3) is 5.97. The monoisotopic (exact) mass is 483 g/mol. The van der Waals surface area contributed by atoms with Gasteiger partial charge in [-0.15, -0.1) is 5.10 Å². The SMILES string of the molecule is Cc1ccc(-n2nnnc2SCC(=O)N2CCN(CC(=O)Nc3ccc(F)cc3)CC2)c(C)c1. The molecule has 3 aromatic rings. The highest BCUT2D eigenvalue weighted by molar-refractivity contribution is 7.99. The number of anilines is 1. The fourth-order valence-electron chi connectivity index (χ4n) is 3.77. The number of amides is 2. The summed E-state index contributed by atoms with van der Waals surface area (Å²) in [6.45, 7) is 6.56. The lowest BCUT2D eigenvalue weighted by atomic mass is 10.1. The van der Waals surface area contributed by atoms with Crippen molar-refractivity contribution in [3.8, 4) is 5.69 Å². The molecule has 0 saturated carbocycles. The molecule has 1 aliphatic rings. The standard InChI is InChI=1S/C23H26FN7O2S/c1-16-3-8-20(17(2)13-16)31-23(26-27-28-31)34-15-22(33)30-11-9-29(10-12-30)14-21(32)25-19-6-4-18(24)5-7-19/h3-8,13H,9-12,14-15H2,1-2H3,(H,25,32). The molecular weight excluding hydrogens is 457 g/mol. The van der Waals surface area contributed by atoms with E-state index in [0.29, 0.717) is 37.0 Å². The smallest absolute Gasteiger partial charge is 0.238 e. The number of rotatable bonds is 7. The number of benzene rings is 2. The molecule has 1 N–H and O–H groups in total. The maximum Gasteiger partial charge on any atom is 0.238 e. The van der Waals surface area contributed by atoms with Gasteiger partial charge in [-0.25, -0.2) is 4.39 Å². The van der Waals surface area contributed by atoms with Crippen molar-refractivity contribution < 1.29 is 14.0 Å². The fraction of sp³-hybridized carbons (Fsp3) is 0.348. The van der Waals surface area contributed by atoms with E-state index >= 15 is 0 Å². The molecule has 0 bridgehead atoms. The molecule has 34 heavy (non-hydrogen) atoms. The number of piperazine rings is 1. The Morgan fingerprint density at radius 3 is 2.50 bits per heavy atom. The second kappa shape index (κ2) is 10.7. The van der Waals surface area contributed by atoms with E-state index in [1.165, 1.54) is 36.0 Å². The third-order valence-corrected chi connectivity index (χ3v) is 6.47. The average molecular weight is 484 g/mol. The molecule has 178 valence electrons. The molecule has 0 radical (unpaired) electrons. The third-order valence-electron chi connectivity index (χ3n) is 5.57. The van der Waals surface area contributed by atoms with Gasteiger partial charge in [-0.05, 0) is 60.2 Å². The van der Waals surface area contributed by atoms with E-state index < -0.39 is 0 Å². The molecule has 0 aliphatic carbocycles. The number of carbonyl (C=O) groups is 2. The highest BCUT2D eigenvalue weighted by Crippen LogP contribution is 2.22. The number of nitrogens with one attached hydrogen (secondary N) is 1. The Morgan fingerprint density at radius 2 is 1.79 bits per heavy atom. The van der Waals surface area contributed by atoms with E-state index in [1.54, 1.807) is 9.58 Å². The zero-order valence-electron chi connectivity index (χ0n) is 19.1. The van der Waals surface area contributed by atoms with Gasteiger partial charge >= 0.3 is 0 Å². The minimum absolute atomic E-state index is 0.00981. The zero-order valence-corrected chi connectivity index (χ0v) is 19.9. The number of hydrogen-bond acceptors (Lipinski definition) is 7. The zero-order chi connectivity index (χ0) is 24.1. The van der Waals surface area contributed by atoms with Crippen LogP contribution in [0.2, 0.25) is 0 Å². The lowest BCUT2D eigenvalue weighted by Gasteiger charge is -2.34. The fourth-order valence-corrected chi connectivity index (χ4v) is 4.56. The molecule has 0 unspecified atom stereocenters. The quantitative estimate of drug-likeness (QED) is 0.515. The molecule has 1 fully saturated rings. The van der Waals surface area contributed by atoms with E-state index in [2.05, 4.69) is 26.9 Å². The Labute approximate surface area is 201 Å². The molecule has 2 amide bonds. The van der Waals surface area contributed by atoms with Gasteiger partial charge in [0, 0.05) is 31.9 Å². The maximum atomic E-state index is 13.0. The Kier molecular flexibility index (Phi) is 7.53. The number of aromatic nitrogens is 4. The first-order valence-electron chi connectivity index (χ1n) is 10.9. The van der Waals surface area contributed by atoms with Crippen molar-refractivity contribution in [1.82, 2.24) is 30.0 Å². The molecule has 1 aliphatic heterocycles. The van der Waals surface area contributed by atoms with Gasteiger partial charge in [0.2, 0.25) is 17.0 Å². The van der Waals surface area contributed by atoms with Crippen LogP contribution < -0.4 is 5.32 Å². The molecule has 2 aromatic carbocycles. The Balaban J connectivity index is 1.24. The molecule has 9 nitrogen and oxygen atoms in total. The Hall–Kier alpha value is -3.31. The minimum atomic E-state index is -0.348. The van der Waals surface area contributed by atoms with Crippen LogP contribution in [-0.2, 0) is 9.59 Å². The predicted octanol–water partition coefficient (Wildman–Crippen LogP) is 2.29. The molecule has 0 spiro atoms. The summed E-state index contributed by atoms with van der Waals surface area (Å²) < 4.78 is 14.7. The molecule has 4 rings (SSSR count). The van der Waals surface area contributed by atoms with Crippen LogP contribution in [0, 0.1) is 19.7 Å². The Morgan fingerprint density at radius 1 is 1.06 bits per heavy atom. The van der Waals surface area contributed by atoms with Gasteiger partial charge < -0.3 is 10.2 Å². The maximum absolute atomic E-state index is 13.0. The Bertz CT molecular complexity index is 1160. The molecular formula is C23H26FN7O2S. The second-order valence-corrected chi connectivity index (χ2v) is 9.11. The van der Waals surface area contributed by atoms with Crippen LogP contribution in [0.4, 0.5) is 10.1 Å². The van der Waals surface area contributed by atoms with Crippen LogP contribution >= 0.6 is 11.8 Å². The molecule has 11 heteroatoms. The van der Waals surface area contributed by atoms with Crippen LogP contribution in [0.5, 0.6) is 0 Å². The van der Waals surface area contributed by atoms with E-state index in [4.69, 9.17) is 0 Å². The molecule has 0 atom stereocenters. The summed E-state index contributed by atoms with van der Waals surface area (Å²) in [4.78, 5) is 28.8. The van der Waals surface area contributed by atoms with Gasteiger partial charge in [-0.2, -0.15) is 4.68 Å². The van der Waals surface area contributed by atoms with Crippen molar-refractivity contribution in [2.24, 2.45) is 0 Å². The van der Waals surface area contributed by atoms with Crippen LogP contribution in [0.25, 0.3) is 5.69 Å². The van der Waals surface area contributed by atoms with Crippen molar-refractivity contribution in [3.05, 3.63) is 59.4 Å². The summed E-state index contributed by atoms with van der Waals surface area (Å²) in [6, 6.07) is 11.7. The number of nitrogens with zero attached hydrogens (tertiary/aromatic N) is 6. The van der Waals surface area contributed by atoms with E-state index in [-0.39, 0.29) is 29.9 Å². The first-order valence-corrected chi connectivity index (χ1v) is 11.9. The van der Waals surface area contributed by atoms with E-state index in [0.717, 1.165) is 16.8 Å². The molecule has 1 saturated heterocycles. The second-order valence-electron chi connectivity index (χ2n) is 8.16. The van der Waals surface area contributed by atoms with Gasteiger partial charge in [-0.3, -0.25) is 14.5 Å². The van der Waals surface area contributed by atoms with Crippen LogP contribution in [-0.4, -0.2) is 80.3 Å². The molecule has 2 heterocycles. The number of aryl methyl sites for hydroxylation is 2. The summed E-state index contributed by atoms with van der Waals surface area (Å²) in [7, 11) is 0. The highest BCUT2D eigenvalue weighted by atomic mass is 32.2. The lowest BCUT2D eigenvalue weighted by molar-refractivity contribution is -0.130. The van der Waals surface area contributed by atoms with Gasteiger partial charge in [0.05, 0.1) is 18.0 Å². The summed E-state index contributed by atoms with van der Waals surface area (Å²) in [5.74, 6) is -0.273. The van der Waals surface area contributed by atoms with Crippen molar-refractivity contribution in [2.45, 2.75) is 19.0 Å². The summed E-state index contributed by atoms with van der Waals surface area (Å²) in [5.41, 5.74) is 3.66. The highest BCUT2D eigenvalue weighted by Gasteiger charge is 2.23. The summed E-state index contributed by atoms with van der Waals surface area (Å²) >= 11 is 1.31. The van der Waals surface area contributed by atoms with E-state index in [1.807, 2.05) is 30.9 Å².